The molecule has 4 aromatic rings. The Hall–Kier alpha value is -4.57. The quantitative estimate of drug-likeness (QED) is 0.220. The van der Waals surface area contributed by atoms with Crippen molar-refractivity contribution in [2.24, 2.45) is 5.92 Å². The molecule has 0 saturated carbocycles. The van der Waals surface area contributed by atoms with Crippen molar-refractivity contribution in [3.63, 3.8) is 0 Å². The molecule has 2 amide bonds. The molecule has 0 saturated heterocycles. The normalized spacial score (nSPS) is 11.4. The summed E-state index contributed by atoms with van der Waals surface area (Å²) >= 11 is 1.30. The van der Waals surface area contributed by atoms with Crippen LogP contribution < -0.4 is 29.6 Å². The van der Waals surface area contributed by atoms with Crippen LogP contribution in [0.1, 0.15) is 45.7 Å². The third-order valence-corrected chi connectivity index (χ3v) is 6.93. The van der Waals surface area contributed by atoms with Gasteiger partial charge in [-0.15, -0.1) is 11.3 Å². The van der Waals surface area contributed by atoms with Crippen molar-refractivity contribution >= 4 is 28.8 Å². The van der Waals surface area contributed by atoms with Gasteiger partial charge in [-0.05, 0) is 42.3 Å². The number of rotatable bonds is 11. The summed E-state index contributed by atoms with van der Waals surface area (Å²) in [5.74, 6) is 1.58. The second-order valence-corrected chi connectivity index (χ2v) is 9.94. The summed E-state index contributed by atoms with van der Waals surface area (Å²) < 4.78 is 22.1. The number of anilines is 1. The van der Waals surface area contributed by atoms with E-state index in [2.05, 4.69) is 15.6 Å². The number of nitrogens with zero attached hydrogens (tertiary/aromatic N) is 1. The van der Waals surface area contributed by atoms with Gasteiger partial charge >= 0.3 is 0 Å². The van der Waals surface area contributed by atoms with Gasteiger partial charge in [-0.25, -0.2) is 4.98 Å². The predicted molar refractivity (Wildman–Crippen MR) is 154 cm³/mol. The van der Waals surface area contributed by atoms with Gasteiger partial charge in [0, 0.05) is 10.9 Å². The topological polar surface area (TPSA) is 108 Å². The summed E-state index contributed by atoms with van der Waals surface area (Å²) in [6, 6.07) is 19.2. The Morgan fingerprint density at radius 1 is 0.825 bits per heavy atom. The maximum atomic E-state index is 13.3. The lowest BCUT2D eigenvalue weighted by Crippen LogP contribution is -2.32. The molecule has 0 radical (unpaired) electrons. The van der Waals surface area contributed by atoms with Crippen molar-refractivity contribution in [2.75, 3.05) is 26.6 Å². The van der Waals surface area contributed by atoms with Crippen molar-refractivity contribution in [2.45, 2.75) is 19.9 Å². The molecule has 2 N–H and O–H groups in total. The number of carbonyl (C=O) groups is 2. The SMILES string of the molecule is COc1cc(C(=O)NC(c2nc(C(=O)Nc3ccccc3Oc3ccccc3)cs2)C(C)C)cc(OC)c1OC. The van der Waals surface area contributed by atoms with Gasteiger partial charge in [-0.1, -0.05) is 44.2 Å². The molecule has 0 fully saturated rings. The van der Waals surface area contributed by atoms with Gasteiger partial charge in [0.15, 0.2) is 17.2 Å². The zero-order valence-electron chi connectivity index (χ0n) is 22.9. The van der Waals surface area contributed by atoms with Gasteiger partial charge < -0.3 is 29.6 Å². The molecular formula is C30H31N3O6S. The Balaban J connectivity index is 1.51. The summed E-state index contributed by atoms with van der Waals surface area (Å²) in [7, 11) is 4.48. The molecule has 10 heteroatoms. The van der Waals surface area contributed by atoms with Crippen LogP contribution in [0.4, 0.5) is 5.69 Å². The zero-order valence-corrected chi connectivity index (χ0v) is 23.7. The third kappa shape index (κ3) is 6.52. The number of ether oxygens (including phenoxy) is 4. The number of methoxy groups -OCH3 is 3. The van der Waals surface area contributed by atoms with E-state index in [1.165, 1.54) is 32.7 Å². The van der Waals surface area contributed by atoms with Crippen LogP contribution in [0.3, 0.4) is 0 Å². The van der Waals surface area contributed by atoms with Crippen LogP contribution >= 0.6 is 11.3 Å². The van der Waals surface area contributed by atoms with Crippen molar-refractivity contribution in [3.8, 4) is 28.7 Å². The highest BCUT2D eigenvalue weighted by Crippen LogP contribution is 2.38. The van der Waals surface area contributed by atoms with Crippen LogP contribution in [0.2, 0.25) is 0 Å². The minimum Gasteiger partial charge on any atom is -0.493 e. The average molecular weight is 562 g/mol. The van der Waals surface area contributed by atoms with E-state index in [4.69, 9.17) is 18.9 Å². The van der Waals surface area contributed by atoms with Crippen LogP contribution in [-0.2, 0) is 0 Å². The smallest absolute Gasteiger partial charge is 0.275 e. The number of benzene rings is 3. The number of thiazole rings is 1. The van der Waals surface area contributed by atoms with E-state index in [1.807, 2.05) is 56.3 Å². The van der Waals surface area contributed by atoms with Crippen LogP contribution in [0.5, 0.6) is 28.7 Å². The number of nitrogens with one attached hydrogen (secondary N) is 2. The fourth-order valence-corrected chi connectivity index (χ4v) is 4.97. The molecule has 1 unspecified atom stereocenters. The number of aromatic nitrogens is 1. The molecule has 3 aromatic carbocycles. The van der Waals surface area contributed by atoms with Gasteiger partial charge in [0.25, 0.3) is 11.8 Å². The summed E-state index contributed by atoms with van der Waals surface area (Å²) in [6.07, 6.45) is 0. The fraction of sp³-hybridized carbons (Fsp3) is 0.233. The lowest BCUT2D eigenvalue weighted by Gasteiger charge is -2.21. The lowest BCUT2D eigenvalue weighted by molar-refractivity contribution is 0.0924. The number of carbonyl (C=O) groups excluding carboxylic acids is 2. The van der Waals surface area contributed by atoms with Gasteiger partial charge in [-0.3, -0.25) is 9.59 Å². The standard InChI is InChI=1S/C30H31N3O6S/c1-18(2)26(33-28(34)19-15-24(36-3)27(38-5)25(16-19)37-4)30-32-22(17-40-30)29(35)31-21-13-9-10-14-23(21)39-20-11-7-6-8-12-20/h6-18,26H,1-5H3,(H,31,35)(H,33,34). The van der Waals surface area contributed by atoms with E-state index in [9.17, 15) is 9.59 Å². The van der Waals surface area contributed by atoms with E-state index in [-0.39, 0.29) is 23.4 Å². The van der Waals surface area contributed by atoms with Crippen LogP contribution in [-0.4, -0.2) is 38.1 Å². The van der Waals surface area contributed by atoms with Crippen molar-refractivity contribution in [3.05, 3.63) is 88.4 Å². The monoisotopic (exact) mass is 561 g/mol. The molecule has 1 heterocycles. The molecule has 208 valence electrons. The van der Waals surface area contributed by atoms with Gasteiger partial charge in [0.1, 0.15) is 16.5 Å². The largest absolute Gasteiger partial charge is 0.493 e. The fourth-order valence-electron chi connectivity index (χ4n) is 3.95. The summed E-state index contributed by atoms with van der Waals surface area (Å²) in [5, 5.41) is 8.20. The van der Waals surface area contributed by atoms with Crippen molar-refractivity contribution in [1.29, 1.82) is 0 Å². The van der Waals surface area contributed by atoms with E-state index in [1.54, 1.807) is 29.6 Å². The molecule has 0 spiro atoms. The first-order chi connectivity index (χ1) is 19.3. The summed E-state index contributed by atoms with van der Waals surface area (Å²) in [6.45, 7) is 3.94. The van der Waals surface area contributed by atoms with Gasteiger partial charge in [0.05, 0.1) is 33.1 Å². The second kappa shape index (κ2) is 13.0. The Bertz CT molecular complexity index is 1450. The summed E-state index contributed by atoms with van der Waals surface area (Å²) in [5.41, 5.74) is 1.09. The van der Waals surface area contributed by atoms with E-state index in [0.29, 0.717) is 45.0 Å². The molecule has 0 aliphatic rings. The number of amides is 2. The molecule has 4 rings (SSSR count). The minimum atomic E-state index is -0.438. The molecule has 1 atom stereocenters. The second-order valence-electron chi connectivity index (χ2n) is 9.05. The number of hydrogen-bond donors (Lipinski definition) is 2. The maximum Gasteiger partial charge on any atom is 0.275 e. The first-order valence-electron chi connectivity index (χ1n) is 12.5. The minimum absolute atomic E-state index is 0.00644. The van der Waals surface area contributed by atoms with Gasteiger partial charge in [0.2, 0.25) is 5.75 Å². The lowest BCUT2D eigenvalue weighted by atomic mass is 10.0. The molecule has 40 heavy (non-hydrogen) atoms. The molecular weight excluding hydrogens is 530 g/mol. The highest BCUT2D eigenvalue weighted by Gasteiger charge is 2.25. The Labute approximate surface area is 237 Å². The highest BCUT2D eigenvalue weighted by atomic mass is 32.1. The van der Waals surface area contributed by atoms with Crippen LogP contribution in [0.15, 0.2) is 72.1 Å². The maximum absolute atomic E-state index is 13.3. The Morgan fingerprint density at radius 2 is 1.48 bits per heavy atom. The predicted octanol–water partition coefficient (Wildman–Crippen LogP) is 6.34. The average Bonchev–Trinajstić information content (AvgIpc) is 3.46. The first-order valence-corrected chi connectivity index (χ1v) is 13.4. The molecule has 1 aromatic heterocycles. The summed E-state index contributed by atoms with van der Waals surface area (Å²) in [4.78, 5) is 30.9. The first kappa shape index (κ1) is 28.4. The Kier molecular flexibility index (Phi) is 9.23. The molecule has 0 bridgehead atoms. The van der Waals surface area contributed by atoms with Crippen molar-refractivity contribution < 1.29 is 28.5 Å². The van der Waals surface area contributed by atoms with Crippen LogP contribution in [0.25, 0.3) is 0 Å². The molecule has 9 nitrogen and oxygen atoms in total. The van der Waals surface area contributed by atoms with E-state index in [0.717, 1.165) is 0 Å². The molecule has 0 aliphatic carbocycles. The zero-order chi connectivity index (χ0) is 28.6. The third-order valence-electron chi connectivity index (χ3n) is 6.01. The van der Waals surface area contributed by atoms with E-state index < -0.39 is 6.04 Å². The number of para-hydroxylation sites is 3. The highest BCUT2D eigenvalue weighted by molar-refractivity contribution is 7.10. The van der Waals surface area contributed by atoms with Crippen LogP contribution in [0, 0.1) is 5.92 Å². The Morgan fingerprint density at radius 3 is 2.10 bits per heavy atom. The molecule has 0 aliphatic heterocycles. The number of hydrogen-bond acceptors (Lipinski definition) is 8. The van der Waals surface area contributed by atoms with Crippen molar-refractivity contribution in [1.82, 2.24) is 10.3 Å². The van der Waals surface area contributed by atoms with E-state index >= 15 is 0 Å². The van der Waals surface area contributed by atoms with Gasteiger partial charge in [-0.2, -0.15) is 0 Å².